The van der Waals surface area contributed by atoms with Crippen molar-refractivity contribution in [3.05, 3.63) is 23.8 Å². The first kappa shape index (κ1) is 22.1. The van der Waals surface area contributed by atoms with Crippen molar-refractivity contribution in [3.8, 4) is 5.75 Å². The summed E-state index contributed by atoms with van der Waals surface area (Å²) >= 11 is 0. The molecule has 6 nitrogen and oxygen atoms in total. The van der Waals surface area contributed by atoms with Crippen molar-refractivity contribution in [2.45, 2.75) is 69.1 Å². The highest BCUT2D eigenvalue weighted by molar-refractivity contribution is 7.89. The predicted octanol–water partition coefficient (Wildman–Crippen LogP) is 3.50. The number of amides is 1. The molecule has 29 heavy (non-hydrogen) atoms. The van der Waals surface area contributed by atoms with Crippen LogP contribution in [0.1, 0.15) is 63.4 Å². The maximum Gasteiger partial charge on any atom is 0.243 e. The van der Waals surface area contributed by atoms with Gasteiger partial charge in [-0.3, -0.25) is 4.79 Å². The third kappa shape index (κ3) is 5.95. The summed E-state index contributed by atoms with van der Waals surface area (Å²) in [7, 11) is -1.93. The summed E-state index contributed by atoms with van der Waals surface area (Å²) in [5.41, 5.74) is 0.762. The van der Waals surface area contributed by atoms with Crippen molar-refractivity contribution in [1.29, 1.82) is 0 Å². The number of benzene rings is 1. The van der Waals surface area contributed by atoms with Gasteiger partial charge < -0.3 is 10.1 Å². The van der Waals surface area contributed by atoms with Crippen molar-refractivity contribution in [2.24, 2.45) is 5.92 Å². The van der Waals surface area contributed by atoms with Crippen molar-refractivity contribution in [1.82, 2.24) is 9.62 Å². The van der Waals surface area contributed by atoms with Crippen LogP contribution < -0.4 is 10.1 Å². The molecule has 7 heteroatoms. The van der Waals surface area contributed by atoms with E-state index in [1.165, 1.54) is 32.1 Å². The fourth-order valence-corrected chi connectivity index (χ4v) is 5.92. The summed E-state index contributed by atoms with van der Waals surface area (Å²) in [6, 6.07) is 4.98. The Hall–Kier alpha value is -1.60. The summed E-state index contributed by atoms with van der Waals surface area (Å²) in [4.78, 5) is 12.6. The largest absolute Gasteiger partial charge is 0.496 e. The number of nitrogens with one attached hydrogen (secondary N) is 1. The number of aryl methyl sites for hydroxylation is 1. The molecule has 1 aromatic rings. The number of hydrogen-bond acceptors (Lipinski definition) is 4. The molecule has 0 unspecified atom stereocenters. The molecule has 0 bridgehead atoms. The molecule has 162 valence electrons. The fraction of sp³-hybridized carbons (Fsp3) is 0.682. The van der Waals surface area contributed by atoms with E-state index >= 15 is 0 Å². The van der Waals surface area contributed by atoms with E-state index in [-0.39, 0.29) is 10.8 Å². The third-order valence-electron chi connectivity index (χ3n) is 6.14. The van der Waals surface area contributed by atoms with Gasteiger partial charge in [-0.15, -0.1) is 0 Å². The third-order valence-corrected chi connectivity index (χ3v) is 8.03. The first-order valence-corrected chi connectivity index (χ1v) is 12.4. The number of hydrogen-bond donors (Lipinski definition) is 1. The van der Waals surface area contributed by atoms with Gasteiger partial charge in [-0.2, -0.15) is 4.31 Å². The highest BCUT2D eigenvalue weighted by Gasteiger charge is 2.26. The lowest BCUT2D eigenvalue weighted by Gasteiger charge is -2.26. The van der Waals surface area contributed by atoms with Gasteiger partial charge in [0.15, 0.2) is 0 Å². The van der Waals surface area contributed by atoms with Crippen molar-refractivity contribution in [3.63, 3.8) is 0 Å². The Morgan fingerprint density at radius 1 is 1.10 bits per heavy atom. The lowest BCUT2D eigenvalue weighted by atomic mass is 9.89. The SMILES string of the molecule is COc1ccc(S(=O)(=O)N2CCCCC2)cc1CCC(=O)NCC1CCCCC1. The molecule has 1 aromatic carbocycles. The number of piperidine rings is 1. The second kappa shape index (κ2) is 10.4. The quantitative estimate of drug-likeness (QED) is 0.696. The van der Waals surface area contributed by atoms with Gasteiger partial charge in [0.25, 0.3) is 0 Å². The number of nitrogens with zero attached hydrogens (tertiary/aromatic N) is 1. The van der Waals surface area contributed by atoms with E-state index in [2.05, 4.69) is 5.32 Å². The zero-order chi connectivity index (χ0) is 20.7. The van der Waals surface area contributed by atoms with Crippen LogP contribution in [0.25, 0.3) is 0 Å². The minimum Gasteiger partial charge on any atom is -0.496 e. The normalized spacial score (nSPS) is 19.1. The van der Waals surface area contributed by atoms with Crippen LogP contribution >= 0.6 is 0 Å². The van der Waals surface area contributed by atoms with E-state index in [4.69, 9.17) is 4.74 Å². The van der Waals surface area contributed by atoms with E-state index < -0.39 is 10.0 Å². The number of methoxy groups -OCH3 is 1. The molecule has 2 aliphatic rings. The van der Waals surface area contributed by atoms with Gasteiger partial charge >= 0.3 is 0 Å². The molecule has 0 atom stereocenters. The van der Waals surface area contributed by atoms with Gasteiger partial charge in [-0.05, 0) is 61.8 Å². The van der Waals surface area contributed by atoms with E-state index in [0.29, 0.717) is 37.6 Å². The van der Waals surface area contributed by atoms with Gasteiger partial charge in [0.1, 0.15) is 5.75 Å². The lowest BCUT2D eigenvalue weighted by molar-refractivity contribution is -0.121. The van der Waals surface area contributed by atoms with Crippen LogP contribution in [-0.4, -0.2) is 45.4 Å². The number of rotatable bonds is 8. The van der Waals surface area contributed by atoms with Crippen LogP contribution in [-0.2, 0) is 21.2 Å². The van der Waals surface area contributed by atoms with Crippen LogP contribution in [0.3, 0.4) is 0 Å². The van der Waals surface area contributed by atoms with Crippen LogP contribution in [0.4, 0.5) is 0 Å². The van der Waals surface area contributed by atoms with Gasteiger partial charge in [-0.25, -0.2) is 8.42 Å². The minimum atomic E-state index is -3.50. The minimum absolute atomic E-state index is 0.0157. The molecule has 2 fully saturated rings. The highest BCUT2D eigenvalue weighted by atomic mass is 32.2. The van der Waals surface area contributed by atoms with E-state index in [9.17, 15) is 13.2 Å². The van der Waals surface area contributed by atoms with Crippen LogP contribution in [0.5, 0.6) is 5.75 Å². The molecule has 0 radical (unpaired) electrons. The monoisotopic (exact) mass is 422 g/mol. The number of carbonyl (C=O) groups excluding carboxylic acids is 1. The molecule has 1 saturated carbocycles. The average molecular weight is 423 g/mol. The predicted molar refractivity (Wildman–Crippen MR) is 114 cm³/mol. The Bertz CT molecular complexity index is 782. The Balaban J connectivity index is 1.61. The van der Waals surface area contributed by atoms with Crippen molar-refractivity contribution >= 4 is 15.9 Å². The number of ether oxygens (including phenoxy) is 1. The maximum absolute atomic E-state index is 13.0. The fourth-order valence-electron chi connectivity index (χ4n) is 4.35. The van der Waals surface area contributed by atoms with Crippen LogP contribution in [0.15, 0.2) is 23.1 Å². The second-order valence-corrected chi connectivity index (χ2v) is 10.2. The molecule has 1 saturated heterocycles. The molecule has 1 aliphatic carbocycles. The zero-order valence-electron chi connectivity index (χ0n) is 17.5. The Morgan fingerprint density at radius 3 is 2.48 bits per heavy atom. The summed E-state index contributed by atoms with van der Waals surface area (Å²) in [6.07, 6.45) is 9.91. The molecular weight excluding hydrogens is 388 g/mol. The standard InChI is InChI=1S/C22H34N2O4S/c1-28-21-12-11-20(29(26,27)24-14-6-3-7-15-24)16-19(21)10-13-22(25)23-17-18-8-4-2-5-9-18/h11-12,16,18H,2-10,13-15,17H2,1H3,(H,23,25). The van der Waals surface area contributed by atoms with Crippen LogP contribution in [0.2, 0.25) is 0 Å². The molecular formula is C22H34N2O4S. The lowest BCUT2D eigenvalue weighted by Crippen LogP contribution is -2.35. The molecule has 1 aliphatic heterocycles. The molecule has 1 heterocycles. The molecule has 3 rings (SSSR count). The second-order valence-electron chi connectivity index (χ2n) is 8.25. The molecule has 0 spiro atoms. The summed E-state index contributed by atoms with van der Waals surface area (Å²) in [6.45, 7) is 1.90. The summed E-state index contributed by atoms with van der Waals surface area (Å²) < 4.78 is 32.9. The smallest absolute Gasteiger partial charge is 0.243 e. The van der Waals surface area contributed by atoms with Gasteiger partial charge in [0, 0.05) is 26.1 Å². The zero-order valence-corrected chi connectivity index (χ0v) is 18.3. The Labute approximate surface area is 175 Å². The number of carbonyl (C=O) groups is 1. The summed E-state index contributed by atoms with van der Waals surface area (Å²) in [5, 5.41) is 3.05. The molecule has 1 amide bonds. The molecule has 0 aromatic heterocycles. The Kier molecular flexibility index (Phi) is 7.95. The average Bonchev–Trinajstić information content (AvgIpc) is 2.77. The summed E-state index contributed by atoms with van der Waals surface area (Å²) in [5.74, 6) is 1.24. The van der Waals surface area contributed by atoms with Crippen molar-refractivity contribution in [2.75, 3.05) is 26.7 Å². The highest BCUT2D eigenvalue weighted by Crippen LogP contribution is 2.27. The van der Waals surface area contributed by atoms with Crippen LogP contribution in [0, 0.1) is 5.92 Å². The Morgan fingerprint density at radius 2 is 1.79 bits per heavy atom. The molecule has 1 N–H and O–H groups in total. The topological polar surface area (TPSA) is 75.7 Å². The van der Waals surface area contributed by atoms with E-state index in [1.54, 1.807) is 29.6 Å². The van der Waals surface area contributed by atoms with E-state index in [0.717, 1.165) is 31.4 Å². The first-order valence-electron chi connectivity index (χ1n) is 10.9. The first-order chi connectivity index (χ1) is 14.0. The number of sulfonamides is 1. The van der Waals surface area contributed by atoms with E-state index in [1.807, 2.05) is 0 Å². The van der Waals surface area contributed by atoms with Gasteiger partial charge in [0.05, 0.1) is 12.0 Å². The van der Waals surface area contributed by atoms with Gasteiger partial charge in [0.2, 0.25) is 15.9 Å². The van der Waals surface area contributed by atoms with Gasteiger partial charge in [-0.1, -0.05) is 25.7 Å². The maximum atomic E-state index is 13.0. The van der Waals surface area contributed by atoms with Crippen molar-refractivity contribution < 1.29 is 17.9 Å².